The molecule has 2 aromatic carbocycles. The van der Waals surface area contributed by atoms with E-state index in [1.165, 1.54) is 0 Å². The van der Waals surface area contributed by atoms with Crippen LogP contribution in [0.15, 0.2) is 52.3 Å². The number of nitriles is 1. The third kappa shape index (κ3) is 2.94. The third-order valence-electron chi connectivity index (χ3n) is 2.19. The molecule has 0 saturated heterocycles. The molecule has 2 nitrogen and oxygen atoms in total. The van der Waals surface area contributed by atoms with Crippen LogP contribution in [0.5, 0.6) is 0 Å². The van der Waals surface area contributed by atoms with Gasteiger partial charge in [0.1, 0.15) is 0 Å². The lowest BCUT2D eigenvalue weighted by Gasteiger charge is -2.03. The minimum atomic E-state index is 0.559. The van der Waals surface area contributed by atoms with E-state index in [2.05, 4.69) is 6.07 Å². The molecular weight excluding hydrogens is 252 g/mol. The Hall–Kier alpha value is -1.63. The van der Waals surface area contributed by atoms with Crippen LogP contribution in [-0.4, -0.2) is 0 Å². The molecule has 2 aromatic rings. The second-order valence-corrected chi connectivity index (χ2v) is 4.98. The van der Waals surface area contributed by atoms with Crippen molar-refractivity contribution in [2.45, 2.75) is 9.79 Å². The second kappa shape index (κ2) is 5.13. The van der Waals surface area contributed by atoms with E-state index in [0.29, 0.717) is 16.3 Å². The standard InChI is InChI=1S/C13H9ClN2S/c14-12-7-11(5-6-13(12)16)17-10-3-1-9(8-15)2-4-10/h1-7H,16H2. The van der Waals surface area contributed by atoms with Gasteiger partial charge in [0.25, 0.3) is 0 Å². The van der Waals surface area contributed by atoms with Crippen molar-refractivity contribution >= 4 is 29.1 Å². The van der Waals surface area contributed by atoms with Gasteiger partial charge >= 0.3 is 0 Å². The first kappa shape index (κ1) is 11.8. The number of nitrogen functional groups attached to an aromatic ring is 1. The molecule has 0 aliphatic carbocycles. The van der Waals surface area contributed by atoms with Crippen LogP contribution in [0.1, 0.15) is 5.56 Å². The summed E-state index contributed by atoms with van der Waals surface area (Å²) in [5, 5.41) is 9.26. The summed E-state index contributed by atoms with van der Waals surface area (Å²) in [4.78, 5) is 2.08. The molecule has 4 heteroatoms. The number of benzene rings is 2. The van der Waals surface area contributed by atoms with Crippen molar-refractivity contribution in [2.24, 2.45) is 0 Å². The normalized spacial score (nSPS) is 9.88. The minimum Gasteiger partial charge on any atom is -0.398 e. The van der Waals surface area contributed by atoms with Gasteiger partial charge in [-0.1, -0.05) is 23.4 Å². The largest absolute Gasteiger partial charge is 0.398 e. The maximum atomic E-state index is 8.70. The molecule has 0 saturated carbocycles. The zero-order valence-electron chi connectivity index (χ0n) is 8.85. The second-order valence-electron chi connectivity index (χ2n) is 3.42. The first-order chi connectivity index (χ1) is 8.19. The molecule has 17 heavy (non-hydrogen) atoms. The SMILES string of the molecule is N#Cc1ccc(Sc2ccc(N)c(Cl)c2)cc1. The van der Waals surface area contributed by atoms with Crippen molar-refractivity contribution in [3.05, 3.63) is 53.1 Å². The van der Waals surface area contributed by atoms with E-state index in [1.54, 1.807) is 30.0 Å². The number of hydrogen-bond acceptors (Lipinski definition) is 3. The molecule has 0 atom stereocenters. The van der Waals surface area contributed by atoms with Crippen LogP contribution in [0.25, 0.3) is 0 Å². The van der Waals surface area contributed by atoms with Gasteiger partial charge < -0.3 is 5.73 Å². The van der Waals surface area contributed by atoms with E-state index in [4.69, 9.17) is 22.6 Å². The van der Waals surface area contributed by atoms with Crippen LogP contribution in [0.3, 0.4) is 0 Å². The number of nitrogens with two attached hydrogens (primary N) is 1. The molecule has 0 radical (unpaired) electrons. The van der Waals surface area contributed by atoms with Crippen LogP contribution in [0.2, 0.25) is 5.02 Å². The first-order valence-corrected chi connectivity index (χ1v) is 6.11. The predicted octanol–water partition coefficient (Wildman–Crippen LogP) is 3.95. The van der Waals surface area contributed by atoms with Crippen LogP contribution < -0.4 is 5.73 Å². The lowest BCUT2D eigenvalue weighted by atomic mass is 10.2. The fourth-order valence-corrected chi connectivity index (χ4v) is 2.41. The summed E-state index contributed by atoms with van der Waals surface area (Å²) in [5.74, 6) is 0. The Morgan fingerprint density at radius 2 is 1.71 bits per heavy atom. The van der Waals surface area contributed by atoms with Gasteiger partial charge in [0, 0.05) is 9.79 Å². The Balaban J connectivity index is 2.20. The minimum absolute atomic E-state index is 0.559. The summed E-state index contributed by atoms with van der Waals surface area (Å²) in [6.07, 6.45) is 0. The summed E-state index contributed by atoms with van der Waals surface area (Å²) in [7, 11) is 0. The Morgan fingerprint density at radius 1 is 1.06 bits per heavy atom. The topological polar surface area (TPSA) is 49.8 Å². The molecule has 0 unspecified atom stereocenters. The molecule has 0 spiro atoms. The van der Waals surface area contributed by atoms with Crippen molar-refractivity contribution in [3.8, 4) is 6.07 Å². The highest BCUT2D eigenvalue weighted by molar-refractivity contribution is 7.99. The summed E-state index contributed by atoms with van der Waals surface area (Å²) >= 11 is 7.53. The molecule has 84 valence electrons. The number of hydrogen-bond donors (Lipinski definition) is 1. The van der Waals surface area contributed by atoms with Gasteiger partial charge in [0.05, 0.1) is 22.3 Å². The maximum Gasteiger partial charge on any atom is 0.0991 e. The number of rotatable bonds is 2. The lowest BCUT2D eigenvalue weighted by molar-refractivity contribution is 1.39. The highest BCUT2D eigenvalue weighted by Gasteiger charge is 2.01. The highest BCUT2D eigenvalue weighted by atomic mass is 35.5. The van der Waals surface area contributed by atoms with Gasteiger partial charge in [-0.15, -0.1) is 0 Å². The van der Waals surface area contributed by atoms with Crippen molar-refractivity contribution < 1.29 is 0 Å². The maximum absolute atomic E-state index is 8.70. The summed E-state index contributed by atoms with van der Waals surface area (Å²) in [5.41, 5.74) is 6.88. The number of nitrogens with zero attached hydrogens (tertiary/aromatic N) is 1. The van der Waals surface area contributed by atoms with Crippen LogP contribution in [0, 0.1) is 11.3 Å². The fraction of sp³-hybridized carbons (Fsp3) is 0. The van der Waals surface area contributed by atoms with Gasteiger partial charge in [0.2, 0.25) is 0 Å². The Labute approximate surface area is 109 Å². The molecule has 0 amide bonds. The zero-order chi connectivity index (χ0) is 12.3. The smallest absolute Gasteiger partial charge is 0.0991 e. The van der Waals surface area contributed by atoms with E-state index in [-0.39, 0.29) is 0 Å². The van der Waals surface area contributed by atoms with Crippen molar-refractivity contribution in [3.63, 3.8) is 0 Å². The van der Waals surface area contributed by atoms with E-state index >= 15 is 0 Å². The summed E-state index contributed by atoms with van der Waals surface area (Å²) in [6.45, 7) is 0. The van der Waals surface area contributed by atoms with Crippen LogP contribution in [-0.2, 0) is 0 Å². The van der Waals surface area contributed by atoms with E-state index in [1.807, 2.05) is 24.3 Å². The molecule has 2 N–H and O–H groups in total. The summed E-state index contributed by atoms with van der Waals surface area (Å²) in [6, 6.07) is 15.0. The monoisotopic (exact) mass is 260 g/mol. The quantitative estimate of drug-likeness (QED) is 0.832. The van der Waals surface area contributed by atoms with Gasteiger partial charge in [-0.3, -0.25) is 0 Å². The van der Waals surface area contributed by atoms with Crippen molar-refractivity contribution in [1.82, 2.24) is 0 Å². The molecule has 0 aliphatic rings. The summed E-state index contributed by atoms with van der Waals surface area (Å²) < 4.78 is 0. The zero-order valence-corrected chi connectivity index (χ0v) is 10.4. The average Bonchev–Trinajstić information content (AvgIpc) is 2.35. The molecule has 0 fully saturated rings. The molecule has 0 bridgehead atoms. The van der Waals surface area contributed by atoms with Crippen molar-refractivity contribution in [1.29, 1.82) is 5.26 Å². The van der Waals surface area contributed by atoms with Gasteiger partial charge in [-0.2, -0.15) is 5.26 Å². The fourth-order valence-electron chi connectivity index (χ4n) is 1.30. The predicted molar refractivity (Wildman–Crippen MR) is 71.1 cm³/mol. The molecule has 2 rings (SSSR count). The molecule has 0 heterocycles. The average molecular weight is 261 g/mol. The Kier molecular flexibility index (Phi) is 3.58. The molecule has 0 aromatic heterocycles. The Morgan fingerprint density at radius 3 is 2.29 bits per heavy atom. The highest BCUT2D eigenvalue weighted by Crippen LogP contribution is 2.31. The van der Waals surface area contributed by atoms with Crippen LogP contribution in [0.4, 0.5) is 5.69 Å². The third-order valence-corrected chi connectivity index (χ3v) is 3.52. The van der Waals surface area contributed by atoms with Crippen molar-refractivity contribution in [2.75, 3.05) is 5.73 Å². The van der Waals surface area contributed by atoms with Crippen LogP contribution >= 0.6 is 23.4 Å². The molecular formula is C13H9ClN2S. The Bertz CT molecular complexity index is 573. The van der Waals surface area contributed by atoms with E-state index in [0.717, 1.165) is 9.79 Å². The lowest BCUT2D eigenvalue weighted by Crippen LogP contribution is -1.85. The van der Waals surface area contributed by atoms with E-state index < -0.39 is 0 Å². The van der Waals surface area contributed by atoms with Gasteiger partial charge in [-0.25, -0.2) is 0 Å². The number of anilines is 1. The van der Waals surface area contributed by atoms with Gasteiger partial charge in [0.15, 0.2) is 0 Å². The van der Waals surface area contributed by atoms with Gasteiger partial charge in [-0.05, 0) is 42.5 Å². The number of halogens is 1. The molecule has 0 aliphatic heterocycles. The van der Waals surface area contributed by atoms with E-state index in [9.17, 15) is 0 Å². The first-order valence-electron chi connectivity index (χ1n) is 4.92.